The van der Waals surface area contributed by atoms with Crippen molar-refractivity contribution in [2.75, 3.05) is 0 Å². The minimum Gasteiger partial charge on any atom is -0.508 e. The minimum atomic E-state index is -4.37. The molecule has 0 atom stereocenters. The van der Waals surface area contributed by atoms with Crippen LogP contribution in [0.4, 0.5) is 0 Å². The largest absolute Gasteiger partial charge is 0.508 e. The highest BCUT2D eigenvalue weighted by Crippen LogP contribution is 2.62. The molecule has 0 bridgehead atoms. The van der Waals surface area contributed by atoms with Gasteiger partial charge < -0.3 is 29.8 Å². The van der Waals surface area contributed by atoms with Gasteiger partial charge in [0, 0.05) is 0 Å². The quantitative estimate of drug-likeness (QED) is 0.164. The standard InChI is InChI=1S/C19H33O4P.C17H29O4P/c1-9-19(10-2,24(21,22)23)13-11-14(17(3,4)5)16(20)15(12-13)18(6,7)8;1-15(2,3)11-10-14(18)13(16(4,5)6)9-12(11)17(7,8)22(19,20)21/h11-12,20H,9-10H2,1-8H3,(H2,21,22,23);9-10,18H,1-8H3,(H2,19,20,21). The molecule has 6 N–H and O–H groups in total. The Morgan fingerprint density at radius 2 is 0.848 bits per heavy atom. The van der Waals surface area contributed by atoms with Crippen LogP contribution in [-0.4, -0.2) is 29.8 Å². The Morgan fingerprint density at radius 1 is 0.500 bits per heavy atom. The van der Waals surface area contributed by atoms with Gasteiger partial charge in [-0.05, 0) is 87.8 Å². The molecule has 2 rings (SSSR count). The lowest BCUT2D eigenvalue weighted by atomic mass is 9.76. The summed E-state index contributed by atoms with van der Waals surface area (Å²) >= 11 is 0. The summed E-state index contributed by atoms with van der Waals surface area (Å²) < 4.78 is 24.4. The molecule has 0 saturated carbocycles. The average molecular weight is 685 g/mol. The van der Waals surface area contributed by atoms with Crippen LogP contribution >= 0.6 is 15.2 Å². The minimum absolute atomic E-state index is 0.169. The number of hydrogen-bond donors (Lipinski definition) is 6. The molecule has 0 radical (unpaired) electrons. The molecular formula is C36H62O8P2. The van der Waals surface area contributed by atoms with E-state index in [0.717, 1.165) is 16.7 Å². The SMILES string of the molecule is CC(C)(C)c1cc(C(C)(C)P(=O)(O)O)c(C(C)(C)C)cc1O.CCC(CC)(c1cc(C(C)(C)C)c(O)c(C(C)(C)C)c1)P(=O)(O)O. The Bertz CT molecular complexity index is 1450. The third-order valence-corrected chi connectivity index (χ3v) is 12.8. The lowest BCUT2D eigenvalue weighted by molar-refractivity contribution is 0.314. The third kappa shape index (κ3) is 8.87. The summed E-state index contributed by atoms with van der Waals surface area (Å²) in [6.07, 6.45) is 0.678. The Labute approximate surface area is 278 Å². The van der Waals surface area contributed by atoms with Crippen LogP contribution in [0.2, 0.25) is 0 Å². The van der Waals surface area contributed by atoms with E-state index in [9.17, 15) is 38.9 Å². The summed E-state index contributed by atoms with van der Waals surface area (Å²) in [5.74, 6) is 0.397. The maximum absolute atomic E-state index is 12.4. The molecule has 0 amide bonds. The van der Waals surface area contributed by atoms with Crippen LogP contribution in [0.5, 0.6) is 11.5 Å². The zero-order chi connectivity index (χ0) is 36.9. The van der Waals surface area contributed by atoms with Gasteiger partial charge in [-0.1, -0.05) is 115 Å². The molecule has 46 heavy (non-hydrogen) atoms. The summed E-state index contributed by atoms with van der Waals surface area (Å²) in [5, 5.41) is 18.7. The predicted octanol–water partition coefficient (Wildman–Crippen LogP) is 9.58. The van der Waals surface area contributed by atoms with Crippen LogP contribution in [0.1, 0.15) is 157 Å². The van der Waals surface area contributed by atoms with E-state index in [1.54, 1.807) is 38.1 Å². The molecule has 0 spiro atoms. The maximum Gasteiger partial charge on any atom is 0.335 e. The monoisotopic (exact) mass is 684 g/mol. The second-order valence-electron chi connectivity index (χ2n) is 17.2. The maximum atomic E-state index is 12.4. The van der Waals surface area contributed by atoms with E-state index >= 15 is 0 Å². The van der Waals surface area contributed by atoms with Gasteiger partial charge in [0.15, 0.2) is 0 Å². The highest BCUT2D eigenvalue weighted by Gasteiger charge is 2.47. The molecule has 0 aliphatic carbocycles. The Balaban J connectivity index is 0.000000462. The smallest absolute Gasteiger partial charge is 0.335 e. The van der Waals surface area contributed by atoms with E-state index in [1.165, 1.54) is 0 Å². The molecule has 0 aliphatic rings. The van der Waals surface area contributed by atoms with Crippen molar-refractivity contribution in [3.63, 3.8) is 0 Å². The predicted molar refractivity (Wildman–Crippen MR) is 190 cm³/mol. The average Bonchev–Trinajstić information content (AvgIpc) is 2.81. The van der Waals surface area contributed by atoms with Gasteiger partial charge in [-0.25, -0.2) is 0 Å². The Morgan fingerprint density at radius 3 is 1.11 bits per heavy atom. The number of rotatable bonds is 6. The van der Waals surface area contributed by atoms with Gasteiger partial charge in [0.05, 0.1) is 10.3 Å². The first-order valence-electron chi connectivity index (χ1n) is 16.0. The molecule has 264 valence electrons. The van der Waals surface area contributed by atoms with Crippen molar-refractivity contribution in [1.82, 2.24) is 0 Å². The van der Waals surface area contributed by atoms with Crippen molar-refractivity contribution in [1.29, 1.82) is 0 Å². The fraction of sp³-hybridized carbons (Fsp3) is 0.667. The van der Waals surface area contributed by atoms with Crippen molar-refractivity contribution in [3.05, 3.63) is 57.6 Å². The molecule has 0 aromatic heterocycles. The lowest BCUT2D eigenvalue weighted by Crippen LogP contribution is -2.27. The first kappa shape index (κ1) is 42.4. The van der Waals surface area contributed by atoms with E-state index in [2.05, 4.69) is 0 Å². The second-order valence-corrected chi connectivity index (χ2v) is 21.4. The molecule has 2 aromatic carbocycles. The summed E-state index contributed by atoms with van der Waals surface area (Å²) in [6.45, 7) is 30.5. The van der Waals surface area contributed by atoms with Gasteiger partial charge >= 0.3 is 15.2 Å². The number of aromatic hydroxyl groups is 2. The number of phenolic OH excluding ortho intramolecular Hbond substituents is 2. The van der Waals surface area contributed by atoms with Gasteiger partial charge in [-0.15, -0.1) is 0 Å². The van der Waals surface area contributed by atoms with E-state index in [4.69, 9.17) is 0 Å². The van der Waals surface area contributed by atoms with Crippen LogP contribution in [0.25, 0.3) is 0 Å². The van der Waals surface area contributed by atoms with Crippen molar-refractivity contribution in [2.24, 2.45) is 0 Å². The number of benzene rings is 2. The van der Waals surface area contributed by atoms with Gasteiger partial charge in [-0.2, -0.15) is 0 Å². The summed E-state index contributed by atoms with van der Waals surface area (Å²) in [4.78, 5) is 39.8. The molecule has 2 aromatic rings. The van der Waals surface area contributed by atoms with E-state index in [1.807, 2.05) is 96.9 Å². The van der Waals surface area contributed by atoms with E-state index < -0.39 is 25.5 Å². The zero-order valence-electron chi connectivity index (χ0n) is 31.1. The highest BCUT2D eigenvalue weighted by atomic mass is 31.2. The molecule has 10 heteroatoms. The molecule has 0 saturated heterocycles. The highest BCUT2D eigenvalue weighted by molar-refractivity contribution is 7.53. The zero-order valence-corrected chi connectivity index (χ0v) is 32.9. The van der Waals surface area contributed by atoms with Crippen molar-refractivity contribution >= 4 is 15.2 Å². The second kappa shape index (κ2) is 13.3. The van der Waals surface area contributed by atoms with Gasteiger partial charge in [0.1, 0.15) is 11.5 Å². The van der Waals surface area contributed by atoms with Gasteiger partial charge in [0.2, 0.25) is 0 Å². The molecule has 0 aliphatic heterocycles. The van der Waals surface area contributed by atoms with Gasteiger partial charge in [-0.3, -0.25) is 9.13 Å². The normalized spacial score (nSPS) is 14.2. The van der Waals surface area contributed by atoms with Crippen LogP contribution in [0.15, 0.2) is 24.3 Å². The Hall–Kier alpha value is -1.66. The van der Waals surface area contributed by atoms with Crippen LogP contribution in [-0.2, 0) is 41.1 Å². The van der Waals surface area contributed by atoms with E-state index in [0.29, 0.717) is 29.5 Å². The van der Waals surface area contributed by atoms with Crippen LogP contribution in [0, 0.1) is 0 Å². The fourth-order valence-corrected chi connectivity index (χ4v) is 7.55. The van der Waals surface area contributed by atoms with E-state index in [-0.39, 0.29) is 33.2 Å². The first-order chi connectivity index (χ1) is 20.1. The van der Waals surface area contributed by atoms with Crippen molar-refractivity contribution in [2.45, 2.75) is 156 Å². The molecule has 0 heterocycles. The van der Waals surface area contributed by atoms with Gasteiger partial charge in [0.25, 0.3) is 0 Å². The van der Waals surface area contributed by atoms with Crippen molar-refractivity contribution < 1.29 is 38.9 Å². The van der Waals surface area contributed by atoms with Crippen LogP contribution in [0.3, 0.4) is 0 Å². The van der Waals surface area contributed by atoms with Crippen LogP contribution < -0.4 is 0 Å². The summed E-state index contributed by atoms with van der Waals surface area (Å²) in [6, 6.07) is 7.00. The Kier molecular flexibility index (Phi) is 12.3. The fourth-order valence-electron chi connectivity index (χ4n) is 5.76. The number of hydrogen-bond acceptors (Lipinski definition) is 4. The molecular weight excluding hydrogens is 622 g/mol. The molecule has 0 fully saturated rings. The lowest BCUT2D eigenvalue weighted by Gasteiger charge is -2.36. The van der Waals surface area contributed by atoms with Crippen molar-refractivity contribution in [3.8, 4) is 11.5 Å². The molecule has 8 nitrogen and oxygen atoms in total. The first-order valence-corrected chi connectivity index (χ1v) is 19.2. The summed E-state index contributed by atoms with van der Waals surface area (Å²) in [5.41, 5.74) is 2.79. The molecule has 0 unspecified atom stereocenters. The number of phenols is 2. The third-order valence-electron chi connectivity index (χ3n) is 9.13. The summed E-state index contributed by atoms with van der Waals surface area (Å²) in [7, 11) is -8.73. The topological polar surface area (TPSA) is 156 Å².